The molecule has 0 radical (unpaired) electrons. The van der Waals surface area contributed by atoms with Crippen LogP contribution in [0.15, 0.2) is 28.8 Å². The zero-order chi connectivity index (χ0) is 17.3. The van der Waals surface area contributed by atoms with Gasteiger partial charge in [-0.15, -0.1) is 0 Å². The number of benzene rings is 1. The number of hydrogen-bond acceptors (Lipinski definition) is 6. The summed E-state index contributed by atoms with van der Waals surface area (Å²) < 4.78 is 5.29. The molecule has 2 heterocycles. The number of halogens is 1. The van der Waals surface area contributed by atoms with Gasteiger partial charge in [-0.25, -0.2) is 4.79 Å². The van der Waals surface area contributed by atoms with Gasteiger partial charge in [0.1, 0.15) is 0 Å². The fourth-order valence-electron chi connectivity index (χ4n) is 2.78. The third kappa shape index (κ3) is 3.10. The Balaban J connectivity index is 1.93. The molecule has 0 bridgehead atoms. The van der Waals surface area contributed by atoms with Gasteiger partial charge in [0, 0.05) is 23.7 Å². The predicted octanol–water partition coefficient (Wildman–Crippen LogP) is 2.02. The smallest absolute Gasteiger partial charge is 0.343 e. The highest BCUT2D eigenvalue weighted by Crippen LogP contribution is 2.34. The number of aromatic carboxylic acids is 1. The van der Waals surface area contributed by atoms with Crippen LogP contribution in [0.4, 0.5) is 5.82 Å². The molecule has 1 fully saturated rings. The maximum atomic E-state index is 11.7. The van der Waals surface area contributed by atoms with Crippen molar-refractivity contribution in [2.45, 2.75) is 18.4 Å². The van der Waals surface area contributed by atoms with Crippen LogP contribution in [0.3, 0.4) is 0 Å². The minimum atomic E-state index is -1.14. The minimum absolute atomic E-state index is 0.0215. The lowest BCUT2D eigenvalue weighted by atomic mass is 9.92. The van der Waals surface area contributed by atoms with Gasteiger partial charge in [0.2, 0.25) is 0 Å². The molecule has 0 saturated carbocycles. The monoisotopic (exact) mass is 352 g/mol. The molecule has 1 aromatic heterocycles. The molecule has 1 aliphatic rings. The van der Waals surface area contributed by atoms with Crippen molar-refractivity contribution in [1.29, 1.82) is 0 Å². The van der Waals surface area contributed by atoms with Crippen molar-refractivity contribution in [3.8, 4) is 11.3 Å². The van der Waals surface area contributed by atoms with E-state index in [0.29, 0.717) is 36.5 Å². The summed E-state index contributed by atoms with van der Waals surface area (Å²) in [6, 6.07) is 6.62. The summed E-state index contributed by atoms with van der Waals surface area (Å²) in [5.74, 6) is -0.746. The van der Waals surface area contributed by atoms with E-state index in [1.165, 1.54) is 0 Å². The number of aromatic nitrogens is 1. The molecule has 1 aliphatic heterocycles. The second-order valence-electron chi connectivity index (χ2n) is 5.89. The van der Waals surface area contributed by atoms with E-state index in [9.17, 15) is 20.1 Å². The first-order valence-corrected chi connectivity index (χ1v) is 7.88. The van der Waals surface area contributed by atoms with Gasteiger partial charge in [-0.1, -0.05) is 16.8 Å². The summed E-state index contributed by atoms with van der Waals surface area (Å²) in [5, 5.41) is 33.4. The highest BCUT2D eigenvalue weighted by Gasteiger charge is 2.35. The lowest BCUT2D eigenvalue weighted by molar-refractivity contribution is -0.0327. The van der Waals surface area contributed by atoms with Gasteiger partial charge in [0.05, 0.1) is 12.2 Å². The number of hydrogen-bond donors (Lipinski definition) is 3. The van der Waals surface area contributed by atoms with Gasteiger partial charge < -0.3 is 24.7 Å². The number of carbonyl (C=O) groups is 1. The Kier molecular flexibility index (Phi) is 4.49. The summed E-state index contributed by atoms with van der Waals surface area (Å²) in [4.78, 5) is 13.5. The number of carboxylic acids is 1. The Morgan fingerprint density at radius 3 is 2.46 bits per heavy atom. The summed E-state index contributed by atoms with van der Waals surface area (Å²) in [6.07, 6.45) is 0.650. The van der Waals surface area contributed by atoms with Crippen LogP contribution in [0.2, 0.25) is 5.02 Å². The first-order valence-electron chi connectivity index (χ1n) is 7.50. The molecular weight excluding hydrogens is 336 g/mol. The van der Waals surface area contributed by atoms with Crippen molar-refractivity contribution in [3.05, 3.63) is 34.9 Å². The number of aliphatic hydroxyl groups is 2. The van der Waals surface area contributed by atoms with Crippen LogP contribution < -0.4 is 4.90 Å². The third-order valence-corrected chi connectivity index (χ3v) is 4.53. The molecule has 2 aromatic rings. The number of rotatable bonds is 4. The van der Waals surface area contributed by atoms with Gasteiger partial charge >= 0.3 is 5.97 Å². The van der Waals surface area contributed by atoms with Gasteiger partial charge in [-0.3, -0.25) is 0 Å². The molecule has 3 rings (SSSR count). The lowest BCUT2D eigenvalue weighted by Gasteiger charge is -2.37. The molecule has 0 atom stereocenters. The Morgan fingerprint density at radius 2 is 1.92 bits per heavy atom. The molecule has 1 saturated heterocycles. The van der Waals surface area contributed by atoms with Crippen molar-refractivity contribution in [3.63, 3.8) is 0 Å². The molecule has 0 spiro atoms. The van der Waals surface area contributed by atoms with Crippen molar-refractivity contribution < 1.29 is 24.6 Å². The van der Waals surface area contributed by atoms with Crippen LogP contribution in [0.1, 0.15) is 23.2 Å². The van der Waals surface area contributed by atoms with E-state index in [-0.39, 0.29) is 23.7 Å². The Bertz CT molecular complexity index is 735. The highest BCUT2D eigenvalue weighted by molar-refractivity contribution is 6.30. The highest BCUT2D eigenvalue weighted by atomic mass is 35.5. The molecule has 7 nitrogen and oxygen atoms in total. The van der Waals surface area contributed by atoms with Crippen LogP contribution in [0, 0.1) is 0 Å². The molecule has 8 heteroatoms. The number of anilines is 1. The SMILES string of the molecule is O=C(O)c1c(N2CCC(O)(CO)CC2)noc1-c1ccc(Cl)cc1. The Morgan fingerprint density at radius 1 is 1.29 bits per heavy atom. The van der Waals surface area contributed by atoms with Crippen LogP contribution in [0.5, 0.6) is 0 Å². The average Bonchev–Trinajstić information content (AvgIpc) is 3.01. The van der Waals surface area contributed by atoms with Crippen molar-refractivity contribution in [2.75, 3.05) is 24.6 Å². The van der Waals surface area contributed by atoms with Crippen molar-refractivity contribution in [1.82, 2.24) is 5.16 Å². The second-order valence-corrected chi connectivity index (χ2v) is 6.33. The fourth-order valence-corrected chi connectivity index (χ4v) is 2.91. The Labute approximate surface area is 143 Å². The molecule has 3 N–H and O–H groups in total. The Hall–Kier alpha value is -2.09. The van der Waals surface area contributed by atoms with E-state index in [1.54, 1.807) is 29.2 Å². The van der Waals surface area contributed by atoms with Gasteiger partial charge in [0.15, 0.2) is 17.1 Å². The molecule has 1 aromatic carbocycles. The van der Waals surface area contributed by atoms with E-state index >= 15 is 0 Å². The number of carboxylic acid groups (broad SMARTS) is 1. The predicted molar refractivity (Wildman–Crippen MR) is 87.4 cm³/mol. The fraction of sp³-hybridized carbons (Fsp3) is 0.375. The zero-order valence-corrected chi connectivity index (χ0v) is 13.5. The van der Waals surface area contributed by atoms with E-state index < -0.39 is 11.6 Å². The van der Waals surface area contributed by atoms with Crippen molar-refractivity contribution in [2.24, 2.45) is 0 Å². The normalized spacial score (nSPS) is 17.0. The van der Waals surface area contributed by atoms with E-state index in [0.717, 1.165) is 0 Å². The summed E-state index contributed by atoms with van der Waals surface area (Å²) in [5.41, 5.74) is -0.575. The zero-order valence-electron chi connectivity index (χ0n) is 12.8. The summed E-state index contributed by atoms with van der Waals surface area (Å²) >= 11 is 5.85. The number of piperidine rings is 1. The van der Waals surface area contributed by atoms with Gasteiger partial charge in [0.25, 0.3) is 0 Å². The average molecular weight is 353 g/mol. The largest absolute Gasteiger partial charge is 0.477 e. The van der Waals surface area contributed by atoms with Crippen molar-refractivity contribution >= 4 is 23.4 Å². The van der Waals surface area contributed by atoms with Crippen LogP contribution in [-0.2, 0) is 0 Å². The van der Waals surface area contributed by atoms with E-state index in [1.807, 2.05) is 0 Å². The molecule has 0 amide bonds. The minimum Gasteiger partial charge on any atom is -0.477 e. The van der Waals surface area contributed by atoms with Crippen LogP contribution in [-0.4, -0.2) is 51.7 Å². The van der Waals surface area contributed by atoms with Crippen LogP contribution in [0.25, 0.3) is 11.3 Å². The van der Waals surface area contributed by atoms with Gasteiger partial charge in [-0.05, 0) is 37.1 Å². The molecule has 0 unspecified atom stereocenters. The topological polar surface area (TPSA) is 107 Å². The maximum absolute atomic E-state index is 11.7. The lowest BCUT2D eigenvalue weighted by Crippen LogP contribution is -2.47. The van der Waals surface area contributed by atoms with Gasteiger partial charge in [-0.2, -0.15) is 0 Å². The molecule has 24 heavy (non-hydrogen) atoms. The first-order chi connectivity index (χ1) is 11.4. The van der Waals surface area contributed by atoms with E-state index in [2.05, 4.69) is 5.16 Å². The standard InChI is InChI=1S/C16H17ClN2O5/c17-11-3-1-10(2-4-11)13-12(15(21)22)14(18-24-13)19-7-5-16(23,9-20)6-8-19/h1-4,20,23H,5-9H2,(H,21,22). The summed E-state index contributed by atoms with van der Waals surface area (Å²) in [6.45, 7) is 0.440. The number of nitrogens with zero attached hydrogens (tertiary/aromatic N) is 2. The summed E-state index contributed by atoms with van der Waals surface area (Å²) in [7, 11) is 0. The quantitative estimate of drug-likeness (QED) is 0.772. The number of aliphatic hydroxyl groups excluding tert-OH is 1. The molecule has 128 valence electrons. The van der Waals surface area contributed by atoms with E-state index in [4.69, 9.17) is 16.1 Å². The molecule has 0 aliphatic carbocycles. The van der Waals surface area contributed by atoms with Crippen LogP contribution >= 0.6 is 11.6 Å². The third-order valence-electron chi connectivity index (χ3n) is 4.28. The second kappa shape index (κ2) is 6.43. The first kappa shape index (κ1) is 16.8. The maximum Gasteiger partial charge on any atom is 0.343 e. The molecular formula is C16H17ClN2O5.